The summed E-state index contributed by atoms with van der Waals surface area (Å²) in [5.41, 5.74) is 21.9. The predicted molar refractivity (Wildman–Crippen MR) is 121 cm³/mol. The Balaban J connectivity index is 1.66. The van der Waals surface area contributed by atoms with Crippen LogP contribution in [0.15, 0.2) is 64.7 Å². The van der Waals surface area contributed by atoms with Gasteiger partial charge in [-0.2, -0.15) is 5.10 Å². The Bertz CT molecular complexity index is 1270. The Morgan fingerprint density at radius 1 is 1.06 bits per heavy atom. The largest absolute Gasteiger partial charge is 0.496 e. The zero-order chi connectivity index (χ0) is 21.6. The van der Waals surface area contributed by atoms with Crippen molar-refractivity contribution in [3.8, 4) is 16.9 Å². The number of hydrogen-bond donors (Lipinski definition) is 3. The van der Waals surface area contributed by atoms with Gasteiger partial charge in [0, 0.05) is 13.1 Å². The second kappa shape index (κ2) is 7.37. The molecule has 1 unspecified atom stereocenters. The van der Waals surface area contributed by atoms with Gasteiger partial charge in [0.1, 0.15) is 11.1 Å². The van der Waals surface area contributed by atoms with Gasteiger partial charge in [0.2, 0.25) is 5.79 Å². The van der Waals surface area contributed by atoms with E-state index in [2.05, 4.69) is 34.6 Å². The van der Waals surface area contributed by atoms with Crippen LogP contribution in [-0.2, 0) is 18.8 Å². The zero-order valence-electron chi connectivity index (χ0n) is 17.7. The molecule has 0 aliphatic carbocycles. The normalized spacial score (nSPS) is 20.0. The third-order valence-corrected chi connectivity index (χ3v) is 6.00. The summed E-state index contributed by atoms with van der Waals surface area (Å²) in [5.74, 6) is -0.557. The van der Waals surface area contributed by atoms with Crippen LogP contribution in [0.5, 0.6) is 5.75 Å². The molecule has 5 N–H and O–H groups in total. The van der Waals surface area contributed by atoms with Crippen LogP contribution in [0.3, 0.4) is 0 Å². The van der Waals surface area contributed by atoms with Crippen molar-refractivity contribution in [3.63, 3.8) is 0 Å². The van der Waals surface area contributed by atoms with Gasteiger partial charge in [-0.1, -0.05) is 30.3 Å². The molecule has 0 amide bonds. The van der Waals surface area contributed by atoms with Crippen molar-refractivity contribution >= 4 is 5.69 Å². The molecular weight excluding hydrogens is 388 g/mol. The molecule has 0 saturated heterocycles. The summed E-state index contributed by atoms with van der Waals surface area (Å²) < 4.78 is 5.70. The monoisotopic (exact) mass is 414 g/mol. The summed E-state index contributed by atoms with van der Waals surface area (Å²) >= 11 is 0. The highest BCUT2D eigenvalue weighted by atomic mass is 16.5. The van der Waals surface area contributed by atoms with Gasteiger partial charge in [0.25, 0.3) is 0 Å². The predicted octanol–water partition coefficient (Wildman–Crippen LogP) is 1.46. The maximum atomic E-state index is 6.77. The average Bonchev–Trinajstić information content (AvgIpc) is 2.78. The quantitative estimate of drug-likeness (QED) is 0.564. The summed E-state index contributed by atoms with van der Waals surface area (Å²) in [5, 5.41) is 5.74. The molecule has 2 heterocycles. The highest BCUT2D eigenvalue weighted by Crippen LogP contribution is 2.33. The van der Waals surface area contributed by atoms with Crippen LogP contribution in [0.1, 0.15) is 16.7 Å². The van der Waals surface area contributed by atoms with Crippen LogP contribution in [0.2, 0.25) is 0 Å². The minimum absolute atomic E-state index is 0.550. The van der Waals surface area contributed by atoms with E-state index in [0.717, 1.165) is 36.2 Å². The van der Waals surface area contributed by atoms with Gasteiger partial charge >= 0.3 is 0 Å². The number of rotatable bonds is 3. The van der Waals surface area contributed by atoms with Crippen LogP contribution in [0.4, 0.5) is 5.69 Å². The summed E-state index contributed by atoms with van der Waals surface area (Å²) in [6.45, 7) is 1.89. The van der Waals surface area contributed by atoms with Gasteiger partial charge in [-0.15, -0.1) is 0 Å². The molecule has 5 rings (SSSR count). The van der Waals surface area contributed by atoms with E-state index in [0.29, 0.717) is 22.2 Å². The number of ether oxygens (including phenoxy) is 1. The fourth-order valence-electron chi connectivity index (χ4n) is 4.32. The number of nitrogen functional groups attached to an aromatic ring is 1. The van der Waals surface area contributed by atoms with E-state index in [1.807, 2.05) is 42.5 Å². The molecule has 2 aliphatic rings. The van der Waals surface area contributed by atoms with Crippen molar-refractivity contribution in [3.05, 3.63) is 82.0 Å². The number of likely N-dealkylation sites (N-methyl/N-ethyl adjacent to an activating group) is 1. The Kier molecular flexibility index (Phi) is 4.64. The molecule has 3 aromatic carbocycles. The number of nitrogens with two attached hydrogens (primary N) is 2. The molecule has 0 radical (unpaired) electrons. The molecule has 2 aliphatic heterocycles. The van der Waals surface area contributed by atoms with E-state index >= 15 is 0 Å². The molecule has 0 aromatic heterocycles. The van der Waals surface area contributed by atoms with Gasteiger partial charge in [-0.05, 0) is 60.0 Å². The lowest BCUT2D eigenvalue weighted by Gasteiger charge is -2.32. The van der Waals surface area contributed by atoms with E-state index in [4.69, 9.17) is 21.2 Å². The summed E-state index contributed by atoms with van der Waals surface area (Å²) in [7, 11) is 3.77. The SMILES string of the molecule is COc1cc2c(cc1C1(N)N=c3cc(-c4ccccc4)cc(N)c3=NN1)CN(C)CC2. The van der Waals surface area contributed by atoms with Crippen LogP contribution in [-0.4, -0.2) is 25.6 Å². The number of fused-ring (bicyclic) bond motifs is 2. The molecule has 0 bridgehead atoms. The Hall–Kier alpha value is -3.42. The van der Waals surface area contributed by atoms with E-state index in [1.54, 1.807) is 7.11 Å². The van der Waals surface area contributed by atoms with E-state index in [9.17, 15) is 0 Å². The average molecular weight is 415 g/mol. The first-order valence-electron chi connectivity index (χ1n) is 10.3. The molecular formula is C24H26N6O. The summed E-state index contributed by atoms with van der Waals surface area (Å²) in [6.07, 6.45) is 0.981. The van der Waals surface area contributed by atoms with Crippen molar-refractivity contribution in [2.75, 3.05) is 26.4 Å². The van der Waals surface area contributed by atoms with Gasteiger partial charge < -0.3 is 15.4 Å². The van der Waals surface area contributed by atoms with Crippen molar-refractivity contribution in [1.82, 2.24) is 10.3 Å². The molecule has 158 valence electrons. The van der Waals surface area contributed by atoms with E-state index < -0.39 is 5.79 Å². The standard InChI is InChI=1S/C24H26N6O/c1-30-9-8-16-13-22(31-2)19(10-18(16)14-30)24(26)27-21-12-17(15-6-4-3-5-7-15)11-20(25)23(21)28-29-24/h3-7,10-13,29H,8-9,14,25-26H2,1-2H3. The number of methoxy groups -OCH3 is 1. The lowest BCUT2D eigenvalue weighted by molar-refractivity contribution is 0.302. The van der Waals surface area contributed by atoms with E-state index in [-0.39, 0.29) is 0 Å². The summed E-state index contributed by atoms with van der Waals surface area (Å²) in [6, 6.07) is 18.1. The topological polar surface area (TPSA) is 101 Å². The van der Waals surface area contributed by atoms with Crippen LogP contribution < -0.4 is 32.3 Å². The van der Waals surface area contributed by atoms with Crippen LogP contribution in [0, 0.1) is 0 Å². The summed E-state index contributed by atoms with van der Waals surface area (Å²) in [4.78, 5) is 7.16. The highest BCUT2D eigenvalue weighted by molar-refractivity contribution is 5.67. The Morgan fingerprint density at radius 3 is 2.65 bits per heavy atom. The first kappa shape index (κ1) is 19.5. The number of nitrogens with zero attached hydrogens (tertiary/aromatic N) is 3. The van der Waals surface area contributed by atoms with Gasteiger partial charge in [0.15, 0.2) is 0 Å². The lowest BCUT2D eigenvalue weighted by atomic mass is 9.94. The number of anilines is 1. The second-order valence-corrected chi connectivity index (χ2v) is 8.21. The van der Waals surface area contributed by atoms with Crippen molar-refractivity contribution < 1.29 is 4.74 Å². The van der Waals surface area contributed by atoms with Gasteiger partial charge in [-0.3, -0.25) is 11.2 Å². The third kappa shape index (κ3) is 3.41. The number of benzene rings is 3. The first-order valence-corrected chi connectivity index (χ1v) is 10.3. The second-order valence-electron chi connectivity index (χ2n) is 8.21. The number of hydrogen-bond acceptors (Lipinski definition) is 7. The van der Waals surface area contributed by atoms with Crippen molar-refractivity contribution in [2.45, 2.75) is 18.8 Å². The van der Waals surface area contributed by atoms with Gasteiger partial charge in [-0.25, -0.2) is 4.99 Å². The maximum absolute atomic E-state index is 6.77. The third-order valence-electron chi connectivity index (χ3n) is 6.00. The minimum atomic E-state index is -1.26. The molecule has 0 fully saturated rings. The lowest BCUT2D eigenvalue weighted by Crippen LogP contribution is -2.54. The molecule has 7 nitrogen and oxygen atoms in total. The molecule has 0 spiro atoms. The molecule has 31 heavy (non-hydrogen) atoms. The first-order chi connectivity index (χ1) is 15.0. The van der Waals surface area contributed by atoms with Crippen LogP contribution >= 0.6 is 0 Å². The molecule has 3 aromatic rings. The van der Waals surface area contributed by atoms with Crippen molar-refractivity contribution in [2.24, 2.45) is 15.8 Å². The molecule has 1 atom stereocenters. The Morgan fingerprint density at radius 2 is 1.87 bits per heavy atom. The van der Waals surface area contributed by atoms with Crippen LogP contribution in [0.25, 0.3) is 11.1 Å². The Labute approximate surface area is 181 Å². The maximum Gasteiger partial charge on any atom is 0.228 e. The smallest absolute Gasteiger partial charge is 0.228 e. The fraction of sp³-hybridized carbons (Fsp3) is 0.250. The fourth-order valence-corrected chi connectivity index (χ4v) is 4.32. The zero-order valence-corrected chi connectivity index (χ0v) is 17.7. The van der Waals surface area contributed by atoms with E-state index in [1.165, 1.54) is 11.1 Å². The van der Waals surface area contributed by atoms with Gasteiger partial charge in [0.05, 0.1) is 23.7 Å². The molecule has 0 saturated carbocycles. The van der Waals surface area contributed by atoms with Crippen molar-refractivity contribution in [1.29, 1.82) is 0 Å². The number of nitrogens with one attached hydrogen (secondary N) is 1. The minimum Gasteiger partial charge on any atom is -0.496 e. The highest BCUT2D eigenvalue weighted by Gasteiger charge is 2.33. The molecule has 7 heteroatoms.